The lowest BCUT2D eigenvalue weighted by Crippen LogP contribution is -2.43. The highest BCUT2D eigenvalue weighted by atomic mass is 32.2. The van der Waals surface area contributed by atoms with Gasteiger partial charge in [0.25, 0.3) is 0 Å². The van der Waals surface area contributed by atoms with Crippen LogP contribution in [0.5, 0.6) is 0 Å². The van der Waals surface area contributed by atoms with Gasteiger partial charge in [-0.1, -0.05) is 6.07 Å². The summed E-state index contributed by atoms with van der Waals surface area (Å²) in [6, 6.07) is 3.34. The van der Waals surface area contributed by atoms with Crippen LogP contribution in [0.2, 0.25) is 0 Å². The topological polar surface area (TPSA) is 80.5 Å². The number of sulfone groups is 1. The van der Waals surface area contributed by atoms with Gasteiger partial charge in [-0.3, -0.25) is 4.79 Å². The van der Waals surface area contributed by atoms with Crippen molar-refractivity contribution in [3.05, 3.63) is 23.3 Å². The van der Waals surface area contributed by atoms with Crippen molar-refractivity contribution in [2.45, 2.75) is 18.7 Å². The molecular formula is C12H16N2O3S. The van der Waals surface area contributed by atoms with Crippen LogP contribution in [-0.2, 0) is 14.6 Å². The molecule has 98 valence electrons. The standard InChI is InChI=1S/C12H16N2O3S/c1-8-3-4-10-12(9(8)2)14(11(15)7-13)5-6-18(10,16)17/h3-4H,5-7,13H2,1-2H3. The zero-order valence-electron chi connectivity index (χ0n) is 10.4. The Morgan fingerprint density at radius 1 is 1.39 bits per heavy atom. The van der Waals surface area contributed by atoms with E-state index in [2.05, 4.69) is 0 Å². The van der Waals surface area contributed by atoms with Crippen LogP contribution in [0.3, 0.4) is 0 Å². The van der Waals surface area contributed by atoms with E-state index < -0.39 is 9.84 Å². The van der Waals surface area contributed by atoms with Crippen LogP contribution in [0.25, 0.3) is 0 Å². The molecule has 0 saturated heterocycles. The zero-order valence-corrected chi connectivity index (χ0v) is 11.3. The Hall–Kier alpha value is -1.40. The van der Waals surface area contributed by atoms with E-state index in [-0.39, 0.29) is 29.6 Å². The fraction of sp³-hybridized carbons (Fsp3) is 0.417. The first-order chi connectivity index (χ1) is 8.38. The number of hydrogen-bond acceptors (Lipinski definition) is 4. The van der Waals surface area contributed by atoms with E-state index in [9.17, 15) is 13.2 Å². The normalized spacial score (nSPS) is 17.4. The first-order valence-electron chi connectivity index (χ1n) is 5.72. The lowest BCUT2D eigenvalue weighted by molar-refractivity contribution is -0.117. The molecule has 6 heteroatoms. The molecule has 2 rings (SSSR count). The number of anilines is 1. The minimum Gasteiger partial charge on any atom is -0.322 e. The monoisotopic (exact) mass is 268 g/mol. The van der Waals surface area contributed by atoms with Gasteiger partial charge in [0.05, 0.1) is 22.9 Å². The molecule has 0 saturated carbocycles. The largest absolute Gasteiger partial charge is 0.322 e. The number of nitrogens with two attached hydrogens (primary N) is 1. The summed E-state index contributed by atoms with van der Waals surface area (Å²) in [6.07, 6.45) is 0. The quantitative estimate of drug-likeness (QED) is 0.798. The van der Waals surface area contributed by atoms with Crippen molar-refractivity contribution < 1.29 is 13.2 Å². The van der Waals surface area contributed by atoms with Gasteiger partial charge in [0, 0.05) is 6.54 Å². The summed E-state index contributed by atoms with van der Waals surface area (Å²) in [4.78, 5) is 13.5. The summed E-state index contributed by atoms with van der Waals surface area (Å²) in [6.45, 7) is 3.77. The molecule has 0 aliphatic carbocycles. The summed E-state index contributed by atoms with van der Waals surface area (Å²) in [5.74, 6) is -0.298. The number of hydrogen-bond donors (Lipinski definition) is 1. The third kappa shape index (κ3) is 1.91. The van der Waals surface area contributed by atoms with E-state index in [0.717, 1.165) is 11.1 Å². The maximum atomic E-state index is 12.0. The molecule has 1 aromatic carbocycles. The second kappa shape index (κ2) is 4.37. The number of benzene rings is 1. The highest BCUT2D eigenvalue weighted by molar-refractivity contribution is 7.91. The van der Waals surface area contributed by atoms with Gasteiger partial charge in [-0.15, -0.1) is 0 Å². The summed E-state index contributed by atoms with van der Waals surface area (Å²) in [5.41, 5.74) is 7.65. The predicted molar refractivity (Wildman–Crippen MR) is 69.4 cm³/mol. The van der Waals surface area contributed by atoms with Crippen molar-refractivity contribution in [1.82, 2.24) is 0 Å². The van der Waals surface area contributed by atoms with E-state index in [1.165, 1.54) is 4.90 Å². The van der Waals surface area contributed by atoms with E-state index in [0.29, 0.717) is 5.69 Å². The maximum Gasteiger partial charge on any atom is 0.240 e. The molecule has 0 spiro atoms. The Morgan fingerprint density at radius 2 is 2.06 bits per heavy atom. The van der Waals surface area contributed by atoms with Crippen LogP contribution >= 0.6 is 0 Å². The first kappa shape index (κ1) is 13.0. The van der Waals surface area contributed by atoms with Gasteiger partial charge < -0.3 is 10.6 Å². The van der Waals surface area contributed by atoms with E-state index in [1.807, 2.05) is 13.8 Å². The van der Waals surface area contributed by atoms with E-state index in [1.54, 1.807) is 12.1 Å². The lowest BCUT2D eigenvalue weighted by atomic mass is 10.1. The van der Waals surface area contributed by atoms with Crippen LogP contribution in [0.15, 0.2) is 17.0 Å². The Labute approximate surface area is 107 Å². The molecule has 18 heavy (non-hydrogen) atoms. The molecule has 0 fully saturated rings. The number of rotatable bonds is 1. The first-order valence-corrected chi connectivity index (χ1v) is 7.37. The minimum atomic E-state index is -3.29. The average Bonchev–Trinajstić information content (AvgIpc) is 2.33. The van der Waals surface area contributed by atoms with Gasteiger partial charge in [-0.05, 0) is 31.0 Å². The second-order valence-corrected chi connectivity index (χ2v) is 6.50. The zero-order chi connectivity index (χ0) is 13.5. The number of carbonyl (C=O) groups excluding carboxylic acids is 1. The molecule has 5 nitrogen and oxygen atoms in total. The average molecular weight is 268 g/mol. The van der Waals surface area contributed by atoms with Crippen LogP contribution in [0.1, 0.15) is 11.1 Å². The Morgan fingerprint density at radius 3 is 2.67 bits per heavy atom. The van der Waals surface area contributed by atoms with Crippen LogP contribution in [0, 0.1) is 13.8 Å². The van der Waals surface area contributed by atoms with Crippen molar-refractivity contribution >= 4 is 21.4 Å². The fourth-order valence-corrected chi connectivity index (χ4v) is 3.63. The van der Waals surface area contributed by atoms with Crippen molar-refractivity contribution in [2.75, 3.05) is 23.7 Å². The molecule has 1 amide bonds. The third-order valence-corrected chi connectivity index (χ3v) is 5.05. The second-order valence-electron chi connectivity index (χ2n) is 4.42. The summed E-state index contributed by atoms with van der Waals surface area (Å²) in [7, 11) is -3.29. The summed E-state index contributed by atoms with van der Waals surface area (Å²) >= 11 is 0. The van der Waals surface area contributed by atoms with Gasteiger partial charge >= 0.3 is 0 Å². The molecule has 0 aromatic heterocycles. The maximum absolute atomic E-state index is 12.0. The molecule has 1 aliphatic rings. The number of carbonyl (C=O) groups is 1. The van der Waals surface area contributed by atoms with Gasteiger partial charge in [0.15, 0.2) is 9.84 Å². The Bertz CT molecular complexity index is 608. The van der Waals surface area contributed by atoms with Crippen molar-refractivity contribution in [2.24, 2.45) is 5.73 Å². The number of amides is 1. The number of aryl methyl sites for hydroxylation is 1. The van der Waals surface area contributed by atoms with Crippen LogP contribution < -0.4 is 10.6 Å². The number of fused-ring (bicyclic) bond motifs is 1. The van der Waals surface area contributed by atoms with Gasteiger partial charge in [0.1, 0.15) is 0 Å². The van der Waals surface area contributed by atoms with Crippen molar-refractivity contribution in [3.8, 4) is 0 Å². The predicted octanol–water partition coefficient (Wildman–Crippen LogP) is 0.382. The van der Waals surface area contributed by atoms with Crippen molar-refractivity contribution in [3.63, 3.8) is 0 Å². The van der Waals surface area contributed by atoms with Crippen molar-refractivity contribution in [1.29, 1.82) is 0 Å². The SMILES string of the molecule is Cc1ccc2c(c1C)N(C(=O)CN)CCS2(=O)=O. The molecule has 0 radical (unpaired) electrons. The van der Waals surface area contributed by atoms with Gasteiger partial charge in [0.2, 0.25) is 5.91 Å². The molecule has 0 atom stereocenters. The molecule has 0 bridgehead atoms. The van der Waals surface area contributed by atoms with Crippen LogP contribution in [0.4, 0.5) is 5.69 Å². The molecule has 1 heterocycles. The molecule has 1 aromatic rings. The lowest BCUT2D eigenvalue weighted by Gasteiger charge is -2.31. The molecular weight excluding hydrogens is 252 g/mol. The Balaban J connectivity index is 2.71. The highest BCUT2D eigenvalue weighted by Crippen LogP contribution is 2.35. The van der Waals surface area contributed by atoms with E-state index in [4.69, 9.17) is 5.73 Å². The Kier molecular flexibility index (Phi) is 3.16. The summed E-state index contributed by atoms with van der Waals surface area (Å²) < 4.78 is 24.0. The van der Waals surface area contributed by atoms with Crippen LogP contribution in [-0.4, -0.2) is 33.2 Å². The highest BCUT2D eigenvalue weighted by Gasteiger charge is 2.32. The number of nitrogens with zero attached hydrogens (tertiary/aromatic N) is 1. The van der Waals surface area contributed by atoms with Gasteiger partial charge in [-0.25, -0.2) is 8.42 Å². The fourth-order valence-electron chi connectivity index (χ4n) is 2.16. The minimum absolute atomic E-state index is 0.0474. The molecule has 0 unspecified atom stereocenters. The third-order valence-electron chi connectivity index (χ3n) is 3.33. The smallest absolute Gasteiger partial charge is 0.240 e. The van der Waals surface area contributed by atoms with Gasteiger partial charge in [-0.2, -0.15) is 0 Å². The van der Waals surface area contributed by atoms with E-state index >= 15 is 0 Å². The molecule has 1 aliphatic heterocycles. The molecule has 2 N–H and O–H groups in total. The summed E-state index contributed by atoms with van der Waals surface area (Å²) in [5, 5.41) is 0.